The Morgan fingerprint density at radius 2 is 2.25 bits per heavy atom. The first-order valence-electron chi connectivity index (χ1n) is 6.58. The summed E-state index contributed by atoms with van der Waals surface area (Å²) in [6.45, 7) is 5.79. The molecule has 114 valence electrons. The lowest BCUT2D eigenvalue weighted by molar-refractivity contribution is -0.124. The molecule has 1 heterocycles. The summed E-state index contributed by atoms with van der Waals surface area (Å²) < 4.78 is 1.46. The number of thioether (sulfide) groups is 1. The second-order valence-electron chi connectivity index (χ2n) is 5.32. The largest absolute Gasteiger partial charge is 0.368 e. The number of carbonyl (C=O) groups excluding carboxylic acids is 1. The van der Waals surface area contributed by atoms with Crippen molar-refractivity contribution in [2.24, 2.45) is 12.8 Å². The highest BCUT2D eigenvalue weighted by Crippen LogP contribution is 2.19. The molecule has 0 bridgehead atoms. The van der Waals surface area contributed by atoms with E-state index in [1.165, 1.54) is 16.3 Å². The van der Waals surface area contributed by atoms with Crippen molar-refractivity contribution in [3.8, 4) is 0 Å². The Hall–Kier alpha value is -1.28. The van der Waals surface area contributed by atoms with Crippen molar-refractivity contribution < 1.29 is 4.79 Å². The van der Waals surface area contributed by atoms with Gasteiger partial charge in [-0.25, -0.2) is 9.89 Å². The van der Waals surface area contributed by atoms with Gasteiger partial charge >= 0.3 is 5.69 Å². The standard InChI is InChI=1S/C12H23N5O2S/c1-8(2)14-12(3,9(13)18)6-5-7-20-11-16-15-10(19)17(11)4/h8,14H,5-7H2,1-4H3,(H2,13,18)(H,15,19). The van der Waals surface area contributed by atoms with Crippen LogP contribution in [-0.2, 0) is 11.8 Å². The molecule has 0 spiro atoms. The first-order chi connectivity index (χ1) is 9.26. The molecule has 0 fully saturated rings. The lowest BCUT2D eigenvalue weighted by Gasteiger charge is -2.29. The zero-order valence-electron chi connectivity index (χ0n) is 12.4. The number of nitrogens with one attached hydrogen (secondary N) is 2. The Bertz CT molecular complexity index is 510. The minimum Gasteiger partial charge on any atom is -0.368 e. The molecule has 0 radical (unpaired) electrons. The van der Waals surface area contributed by atoms with Crippen molar-refractivity contribution in [1.29, 1.82) is 0 Å². The van der Waals surface area contributed by atoms with Crippen LogP contribution in [0.2, 0.25) is 0 Å². The third kappa shape index (κ3) is 4.38. The van der Waals surface area contributed by atoms with Crippen LogP contribution in [0, 0.1) is 0 Å². The average molecular weight is 301 g/mol. The van der Waals surface area contributed by atoms with E-state index in [9.17, 15) is 9.59 Å². The molecule has 7 nitrogen and oxygen atoms in total. The number of primary amides is 1. The number of carbonyl (C=O) groups is 1. The van der Waals surface area contributed by atoms with E-state index in [2.05, 4.69) is 15.5 Å². The Morgan fingerprint density at radius 3 is 2.70 bits per heavy atom. The van der Waals surface area contributed by atoms with Gasteiger partial charge in [-0.2, -0.15) is 0 Å². The van der Waals surface area contributed by atoms with Gasteiger partial charge in [-0.3, -0.25) is 9.36 Å². The highest BCUT2D eigenvalue weighted by Gasteiger charge is 2.30. The molecule has 1 rings (SSSR count). The van der Waals surface area contributed by atoms with Crippen LogP contribution in [-0.4, -0.2) is 38.0 Å². The van der Waals surface area contributed by atoms with E-state index in [0.717, 1.165) is 12.2 Å². The molecule has 0 saturated heterocycles. The predicted octanol–water partition coefficient (Wildman–Crippen LogP) is 0.223. The molecular formula is C12H23N5O2S. The molecule has 4 N–H and O–H groups in total. The van der Waals surface area contributed by atoms with E-state index < -0.39 is 5.54 Å². The molecule has 1 aromatic rings. The van der Waals surface area contributed by atoms with Crippen LogP contribution in [0.1, 0.15) is 33.6 Å². The molecule has 1 amide bonds. The average Bonchev–Trinajstić information content (AvgIpc) is 2.65. The van der Waals surface area contributed by atoms with Gasteiger partial charge in [0, 0.05) is 18.8 Å². The van der Waals surface area contributed by atoms with Crippen molar-refractivity contribution >= 4 is 17.7 Å². The monoisotopic (exact) mass is 301 g/mol. The first-order valence-corrected chi connectivity index (χ1v) is 7.56. The summed E-state index contributed by atoms with van der Waals surface area (Å²) in [6.07, 6.45) is 1.44. The second kappa shape index (κ2) is 6.94. The van der Waals surface area contributed by atoms with Gasteiger partial charge in [0.25, 0.3) is 0 Å². The minimum absolute atomic E-state index is 0.187. The van der Waals surface area contributed by atoms with Crippen molar-refractivity contribution in [2.75, 3.05) is 5.75 Å². The van der Waals surface area contributed by atoms with Crippen molar-refractivity contribution in [3.05, 3.63) is 10.5 Å². The van der Waals surface area contributed by atoms with E-state index in [1.807, 2.05) is 20.8 Å². The van der Waals surface area contributed by atoms with Crippen molar-refractivity contribution in [3.63, 3.8) is 0 Å². The maximum absolute atomic E-state index is 11.6. The van der Waals surface area contributed by atoms with E-state index in [0.29, 0.717) is 11.6 Å². The summed E-state index contributed by atoms with van der Waals surface area (Å²) in [5, 5.41) is 10.2. The molecule has 1 atom stereocenters. The summed E-state index contributed by atoms with van der Waals surface area (Å²) in [5.74, 6) is 0.421. The maximum atomic E-state index is 11.6. The zero-order chi connectivity index (χ0) is 15.3. The van der Waals surface area contributed by atoms with Crippen LogP contribution in [0.3, 0.4) is 0 Å². The van der Waals surface area contributed by atoms with Gasteiger partial charge in [-0.15, -0.1) is 5.10 Å². The van der Waals surface area contributed by atoms with Gasteiger partial charge < -0.3 is 11.1 Å². The van der Waals surface area contributed by atoms with Gasteiger partial charge in [0.15, 0.2) is 5.16 Å². The lowest BCUT2D eigenvalue weighted by atomic mass is 9.94. The van der Waals surface area contributed by atoms with E-state index in [4.69, 9.17) is 5.73 Å². The minimum atomic E-state index is -0.702. The van der Waals surface area contributed by atoms with Crippen LogP contribution >= 0.6 is 11.8 Å². The number of amides is 1. The highest BCUT2D eigenvalue weighted by atomic mass is 32.2. The summed E-state index contributed by atoms with van der Waals surface area (Å²) >= 11 is 1.48. The first kappa shape index (κ1) is 16.8. The number of rotatable bonds is 8. The fourth-order valence-corrected chi connectivity index (χ4v) is 2.81. The Balaban J connectivity index is 2.47. The summed E-state index contributed by atoms with van der Waals surface area (Å²) in [4.78, 5) is 22.8. The molecule has 0 aliphatic carbocycles. The molecule has 0 aliphatic rings. The van der Waals surface area contributed by atoms with Gasteiger partial charge in [-0.1, -0.05) is 11.8 Å². The van der Waals surface area contributed by atoms with Crippen LogP contribution in [0.5, 0.6) is 0 Å². The molecule has 8 heteroatoms. The van der Waals surface area contributed by atoms with Gasteiger partial charge in [0.05, 0.1) is 5.54 Å². The molecule has 0 saturated carbocycles. The highest BCUT2D eigenvalue weighted by molar-refractivity contribution is 7.99. The zero-order valence-corrected chi connectivity index (χ0v) is 13.2. The number of aromatic amines is 1. The summed E-state index contributed by atoms with van der Waals surface area (Å²) in [6, 6.07) is 0.187. The van der Waals surface area contributed by atoms with Gasteiger partial charge in [0.2, 0.25) is 5.91 Å². The quantitative estimate of drug-likeness (QED) is 0.470. The number of aromatic nitrogens is 3. The Morgan fingerprint density at radius 1 is 1.60 bits per heavy atom. The number of hydrogen-bond acceptors (Lipinski definition) is 5. The van der Waals surface area contributed by atoms with E-state index in [1.54, 1.807) is 7.05 Å². The van der Waals surface area contributed by atoms with E-state index >= 15 is 0 Å². The molecule has 1 aromatic heterocycles. The second-order valence-corrected chi connectivity index (χ2v) is 6.38. The van der Waals surface area contributed by atoms with Crippen LogP contribution in [0.15, 0.2) is 9.95 Å². The fourth-order valence-electron chi connectivity index (χ4n) is 1.95. The number of hydrogen-bond donors (Lipinski definition) is 3. The van der Waals surface area contributed by atoms with Crippen molar-refractivity contribution in [2.45, 2.75) is 50.4 Å². The summed E-state index contributed by atoms with van der Waals surface area (Å²) in [7, 11) is 1.67. The number of nitrogens with zero attached hydrogens (tertiary/aromatic N) is 2. The normalized spacial score (nSPS) is 14.4. The molecule has 0 aromatic carbocycles. The Kier molecular flexibility index (Phi) is 5.82. The topological polar surface area (TPSA) is 106 Å². The molecule has 0 aliphatic heterocycles. The maximum Gasteiger partial charge on any atom is 0.343 e. The third-order valence-corrected chi connectivity index (χ3v) is 4.16. The third-order valence-electron chi connectivity index (χ3n) is 3.04. The smallest absolute Gasteiger partial charge is 0.343 e. The van der Waals surface area contributed by atoms with Crippen LogP contribution < -0.4 is 16.7 Å². The molecular weight excluding hydrogens is 278 g/mol. The number of H-pyrrole nitrogens is 1. The Labute approximate surface area is 122 Å². The van der Waals surface area contributed by atoms with Crippen molar-refractivity contribution in [1.82, 2.24) is 20.1 Å². The molecule has 20 heavy (non-hydrogen) atoms. The fraction of sp³-hybridized carbons (Fsp3) is 0.750. The van der Waals surface area contributed by atoms with Gasteiger partial charge in [-0.05, 0) is 33.6 Å². The van der Waals surface area contributed by atoms with Crippen LogP contribution in [0.4, 0.5) is 0 Å². The van der Waals surface area contributed by atoms with Gasteiger partial charge in [0.1, 0.15) is 0 Å². The predicted molar refractivity (Wildman–Crippen MR) is 79.7 cm³/mol. The summed E-state index contributed by atoms with van der Waals surface area (Å²) in [5.41, 5.74) is 4.54. The SMILES string of the molecule is CC(C)NC(C)(CCCSc1n[nH]c(=O)n1C)C(N)=O. The van der Waals surface area contributed by atoms with E-state index in [-0.39, 0.29) is 17.6 Å². The number of nitrogens with two attached hydrogens (primary N) is 1. The van der Waals surface area contributed by atoms with Crippen LogP contribution in [0.25, 0.3) is 0 Å². The lowest BCUT2D eigenvalue weighted by Crippen LogP contribution is -2.55. The molecule has 1 unspecified atom stereocenters.